The van der Waals surface area contributed by atoms with Crippen LogP contribution in [0.4, 0.5) is 0 Å². The van der Waals surface area contributed by atoms with E-state index in [1.807, 2.05) is 45.0 Å². The normalized spacial score (nSPS) is 13.2. The number of nitrogens with one attached hydrogen (secondary N) is 1. The van der Waals surface area contributed by atoms with E-state index in [2.05, 4.69) is 26.1 Å². The van der Waals surface area contributed by atoms with Crippen LogP contribution in [-0.2, 0) is 21.5 Å². The third-order valence-corrected chi connectivity index (χ3v) is 6.57. The molecule has 0 radical (unpaired) electrons. The van der Waals surface area contributed by atoms with Crippen LogP contribution in [0.3, 0.4) is 0 Å². The molecular weight excluding hydrogens is 471 g/mol. The molecule has 34 heavy (non-hydrogen) atoms. The van der Waals surface area contributed by atoms with Gasteiger partial charge in [-0.1, -0.05) is 76.0 Å². The second-order valence-corrected chi connectivity index (χ2v) is 10.3. The number of hydrogen-bond donors (Lipinski definition) is 1. The van der Waals surface area contributed by atoms with Crippen LogP contribution in [0.2, 0.25) is 10.0 Å². The molecule has 0 saturated heterocycles. The van der Waals surface area contributed by atoms with Crippen molar-refractivity contribution in [2.75, 3.05) is 6.61 Å². The molecule has 0 aliphatic rings. The topological polar surface area (TPSA) is 58.6 Å². The summed E-state index contributed by atoms with van der Waals surface area (Å²) in [5.74, 6) is 0.0686. The van der Waals surface area contributed by atoms with E-state index in [1.54, 1.807) is 18.2 Å². The molecule has 2 atom stereocenters. The first-order chi connectivity index (χ1) is 16.0. The van der Waals surface area contributed by atoms with Crippen LogP contribution in [0.1, 0.15) is 65.5 Å². The van der Waals surface area contributed by atoms with Gasteiger partial charge in [0.1, 0.15) is 11.8 Å². The maximum Gasteiger partial charge on any atom is 0.261 e. The summed E-state index contributed by atoms with van der Waals surface area (Å²) >= 11 is 12.8. The highest BCUT2D eigenvalue weighted by atomic mass is 35.5. The molecule has 2 aromatic carbocycles. The minimum absolute atomic E-state index is 0.0000147. The van der Waals surface area contributed by atoms with Gasteiger partial charge >= 0.3 is 0 Å². The molecule has 0 aliphatic carbocycles. The summed E-state index contributed by atoms with van der Waals surface area (Å²) < 4.78 is 5.80. The zero-order valence-corrected chi connectivity index (χ0v) is 22.5. The van der Waals surface area contributed by atoms with Crippen molar-refractivity contribution < 1.29 is 14.3 Å². The zero-order valence-electron chi connectivity index (χ0n) is 21.0. The van der Waals surface area contributed by atoms with Crippen molar-refractivity contribution in [2.24, 2.45) is 0 Å². The number of benzene rings is 2. The lowest BCUT2D eigenvalue weighted by atomic mass is 9.87. The molecule has 2 aromatic rings. The van der Waals surface area contributed by atoms with E-state index in [4.69, 9.17) is 27.9 Å². The van der Waals surface area contributed by atoms with Crippen LogP contribution in [0.5, 0.6) is 5.75 Å². The number of carbonyl (C=O) groups is 2. The lowest BCUT2D eigenvalue weighted by Crippen LogP contribution is -2.51. The van der Waals surface area contributed by atoms with E-state index in [9.17, 15) is 9.59 Å². The summed E-state index contributed by atoms with van der Waals surface area (Å²) in [6.07, 6.45) is 1.23. The van der Waals surface area contributed by atoms with Gasteiger partial charge in [0.05, 0.1) is 0 Å². The third kappa shape index (κ3) is 7.64. The van der Waals surface area contributed by atoms with E-state index < -0.39 is 6.04 Å². The largest absolute Gasteiger partial charge is 0.484 e. The number of nitrogens with zero attached hydrogens (tertiary/aromatic N) is 1. The number of rotatable bonds is 10. The summed E-state index contributed by atoms with van der Waals surface area (Å²) in [6, 6.07) is 12.2. The molecule has 7 heteroatoms. The maximum atomic E-state index is 13.4. The molecule has 0 saturated carbocycles. The number of hydrogen-bond acceptors (Lipinski definition) is 3. The van der Waals surface area contributed by atoms with Gasteiger partial charge in [0.25, 0.3) is 5.91 Å². The van der Waals surface area contributed by atoms with Gasteiger partial charge in [-0.3, -0.25) is 9.59 Å². The summed E-state index contributed by atoms with van der Waals surface area (Å²) in [4.78, 5) is 27.9. The van der Waals surface area contributed by atoms with Gasteiger partial charge in [-0.15, -0.1) is 0 Å². The molecule has 2 rings (SSSR count). The molecule has 186 valence electrons. The van der Waals surface area contributed by atoms with Crippen molar-refractivity contribution in [2.45, 2.75) is 78.4 Å². The Labute approximate surface area is 213 Å². The minimum atomic E-state index is -0.680. The molecule has 0 aliphatic heterocycles. The first-order valence-electron chi connectivity index (χ1n) is 11.7. The lowest BCUT2D eigenvalue weighted by Gasteiger charge is -2.32. The standard InChI is InChI=1S/C27H36Cl2N2O3/c1-7-18(3)30-26(33)24(8-2)31(16-21-22(28)10-9-11-23(21)29)25(32)17-34-20-14-12-19(13-15-20)27(4,5)6/h9-15,18,24H,7-8,16-17H2,1-6H3,(H,30,33)/t18-,24+/m0/s1. The predicted octanol–water partition coefficient (Wildman–Crippen LogP) is 6.39. The second kappa shape index (κ2) is 12.5. The fourth-order valence-electron chi connectivity index (χ4n) is 3.49. The fraction of sp³-hybridized carbons (Fsp3) is 0.481. The van der Waals surface area contributed by atoms with Crippen molar-refractivity contribution in [1.29, 1.82) is 0 Å². The van der Waals surface area contributed by atoms with Gasteiger partial charge in [0.2, 0.25) is 5.91 Å². The van der Waals surface area contributed by atoms with Gasteiger partial charge < -0.3 is 15.0 Å². The van der Waals surface area contributed by atoms with Crippen molar-refractivity contribution >= 4 is 35.0 Å². The van der Waals surface area contributed by atoms with Crippen LogP contribution in [0, 0.1) is 0 Å². The van der Waals surface area contributed by atoms with Gasteiger partial charge in [-0.25, -0.2) is 0 Å². The van der Waals surface area contributed by atoms with Gasteiger partial charge in [0.15, 0.2) is 6.61 Å². The summed E-state index contributed by atoms with van der Waals surface area (Å²) in [7, 11) is 0. The van der Waals surface area contributed by atoms with Gasteiger partial charge in [0, 0.05) is 28.2 Å². The highest BCUT2D eigenvalue weighted by Crippen LogP contribution is 2.28. The molecule has 0 bridgehead atoms. The maximum absolute atomic E-state index is 13.4. The first-order valence-corrected chi connectivity index (χ1v) is 12.5. The molecule has 2 amide bonds. The van der Waals surface area contributed by atoms with Crippen molar-refractivity contribution in [3.63, 3.8) is 0 Å². The zero-order chi connectivity index (χ0) is 25.5. The van der Waals surface area contributed by atoms with Crippen LogP contribution in [-0.4, -0.2) is 35.4 Å². The smallest absolute Gasteiger partial charge is 0.261 e. The number of ether oxygens (including phenoxy) is 1. The van der Waals surface area contributed by atoms with E-state index >= 15 is 0 Å². The van der Waals surface area contributed by atoms with Crippen LogP contribution in [0.25, 0.3) is 0 Å². The average Bonchev–Trinajstić information content (AvgIpc) is 2.78. The highest BCUT2D eigenvalue weighted by molar-refractivity contribution is 6.36. The van der Waals surface area contributed by atoms with E-state index in [0.29, 0.717) is 27.8 Å². The average molecular weight is 508 g/mol. The molecule has 0 spiro atoms. The molecular formula is C27H36Cl2N2O3. The Bertz CT molecular complexity index is 951. The number of amides is 2. The van der Waals surface area contributed by atoms with Crippen molar-refractivity contribution in [3.05, 3.63) is 63.6 Å². The highest BCUT2D eigenvalue weighted by Gasteiger charge is 2.30. The minimum Gasteiger partial charge on any atom is -0.484 e. The third-order valence-electron chi connectivity index (χ3n) is 5.86. The fourth-order valence-corrected chi connectivity index (χ4v) is 4.01. The van der Waals surface area contributed by atoms with Crippen LogP contribution >= 0.6 is 23.2 Å². The Morgan fingerprint density at radius 3 is 2.09 bits per heavy atom. The Kier molecular flexibility index (Phi) is 10.3. The predicted molar refractivity (Wildman–Crippen MR) is 140 cm³/mol. The lowest BCUT2D eigenvalue weighted by molar-refractivity contribution is -0.143. The van der Waals surface area contributed by atoms with E-state index in [1.165, 1.54) is 10.5 Å². The van der Waals surface area contributed by atoms with Gasteiger partial charge in [-0.05, 0) is 55.0 Å². The molecule has 1 N–H and O–H groups in total. The van der Waals surface area contributed by atoms with E-state index in [0.717, 1.165) is 6.42 Å². The number of halogens is 2. The first kappa shape index (κ1) is 28.0. The summed E-state index contributed by atoms with van der Waals surface area (Å²) in [5, 5.41) is 3.88. The Balaban J connectivity index is 2.26. The molecule has 0 aromatic heterocycles. The quantitative estimate of drug-likeness (QED) is 0.405. The monoisotopic (exact) mass is 506 g/mol. The van der Waals surface area contributed by atoms with Crippen LogP contribution < -0.4 is 10.1 Å². The SMILES string of the molecule is CC[C@H](C(=O)N[C@@H](C)CC)N(Cc1c(Cl)cccc1Cl)C(=O)COc1ccc(C(C)(C)C)cc1. The number of carbonyl (C=O) groups excluding carboxylic acids is 2. The summed E-state index contributed by atoms with van der Waals surface area (Å²) in [6.45, 7) is 12.1. The Morgan fingerprint density at radius 2 is 1.59 bits per heavy atom. The van der Waals surface area contributed by atoms with Crippen molar-refractivity contribution in [1.82, 2.24) is 10.2 Å². The molecule has 0 unspecified atom stereocenters. The van der Waals surface area contributed by atoms with E-state index in [-0.39, 0.29) is 36.4 Å². The second-order valence-electron chi connectivity index (χ2n) is 9.53. The molecule has 0 heterocycles. The van der Waals surface area contributed by atoms with Crippen LogP contribution in [0.15, 0.2) is 42.5 Å². The molecule has 5 nitrogen and oxygen atoms in total. The Hall–Kier alpha value is -2.24. The van der Waals surface area contributed by atoms with Gasteiger partial charge in [-0.2, -0.15) is 0 Å². The van der Waals surface area contributed by atoms with Crippen molar-refractivity contribution in [3.8, 4) is 5.75 Å². The summed E-state index contributed by atoms with van der Waals surface area (Å²) in [5.41, 5.74) is 1.80. The Morgan fingerprint density at radius 1 is 1.00 bits per heavy atom. The molecule has 0 fully saturated rings.